The van der Waals surface area contributed by atoms with Gasteiger partial charge >= 0.3 is 0 Å². The Balaban J connectivity index is 1.77. The minimum Gasteiger partial charge on any atom is -0.340 e. The lowest BCUT2D eigenvalue weighted by Crippen LogP contribution is -2.54. The van der Waals surface area contributed by atoms with Crippen molar-refractivity contribution in [3.05, 3.63) is 0 Å². The fraction of sp³-hybridized carbons (Fsp3) is 0.875. The second-order valence-corrected chi connectivity index (χ2v) is 6.67. The Hall–Kier alpha value is -1.14. The summed E-state index contributed by atoms with van der Waals surface area (Å²) in [6.07, 6.45) is 3.46. The highest BCUT2D eigenvalue weighted by molar-refractivity contribution is 5.79. The van der Waals surface area contributed by atoms with Gasteiger partial charge in [0, 0.05) is 51.2 Å². The van der Waals surface area contributed by atoms with Crippen molar-refractivity contribution in [2.75, 3.05) is 45.8 Å². The van der Waals surface area contributed by atoms with Crippen LogP contribution in [0.3, 0.4) is 0 Å². The van der Waals surface area contributed by atoms with E-state index in [1.807, 2.05) is 16.7 Å². The highest BCUT2D eigenvalue weighted by Gasteiger charge is 2.28. The largest absolute Gasteiger partial charge is 0.340 e. The van der Waals surface area contributed by atoms with E-state index in [4.69, 9.17) is 5.73 Å². The predicted molar refractivity (Wildman–Crippen MR) is 86.3 cm³/mol. The summed E-state index contributed by atoms with van der Waals surface area (Å²) in [7, 11) is 0. The fourth-order valence-electron chi connectivity index (χ4n) is 3.29. The first-order valence-electron chi connectivity index (χ1n) is 8.53. The molecule has 2 rings (SSSR count). The van der Waals surface area contributed by atoms with Crippen LogP contribution in [0.5, 0.6) is 0 Å². The van der Waals surface area contributed by atoms with Crippen molar-refractivity contribution < 1.29 is 9.59 Å². The molecule has 2 amide bonds. The highest BCUT2D eigenvalue weighted by Crippen LogP contribution is 2.17. The Morgan fingerprint density at radius 1 is 1.14 bits per heavy atom. The van der Waals surface area contributed by atoms with Gasteiger partial charge in [0.05, 0.1) is 6.54 Å². The van der Waals surface area contributed by atoms with Crippen molar-refractivity contribution >= 4 is 11.8 Å². The average molecular weight is 310 g/mol. The summed E-state index contributed by atoms with van der Waals surface area (Å²) in [6.45, 7) is 8.74. The zero-order valence-corrected chi connectivity index (χ0v) is 14.0. The summed E-state index contributed by atoms with van der Waals surface area (Å²) >= 11 is 0. The molecule has 2 aliphatic heterocycles. The molecule has 6 nitrogen and oxygen atoms in total. The normalized spacial score (nSPS) is 25.1. The third-order valence-electron chi connectivity index (χ3n) is 4.94. The van der Waals surface area contributed by atoms with Gasteiger partial charge in [0.25, 0.3) is 0 Å². The van der Waals surface area contributed by atoms with Crippen LogP contribution in [0, 0.1) is 5.92 Å². The highest BCUT2D eigenvalue weighted by atomic mass is 16.2. The standard InChI is InChI=1S/C16H30N4O2/c1-13(11-17)16(22)19-9-7-18(8-10-19)12-15(21)20-6-4-3-5-14(20)2/h13-14H,3-12,17H2,1-2H3. The number of likely N-dealkylation sites (tertiary alicyclic amines) is 1. The molecule has 0 saturated carbocycles. The van der Waals surface area contributed by atoms with E-state index in [1.54, 1.807) is 0 Å². The van der Waals surface area contributed by atoms with E-state index in [0.29, 0.717) is 32.2 Å². The van der Waals surface area contributed by atoms with E-state index in [0.717, 1.165) is 32.5 Å². The van der Waals surface area contributed by atoms with Gasteiger partial charge in [0.1, 0.15) is 0 Å². The molecule has 0 aliphatic carbocycles. The van der Waals surface area contributed by atoms with Gasteiger partial charge in [-0.2, -0.15) is 0 Å². The lowest BCUT2D eigenvalue weighted by atomic mass is 10.0. The van der Waals surface area contributed by atoms with E-state index in [1.165, 1.54) is 6.42 Å². The molecule has 2 unspecified atom stereocenters. The summed E-state index contributed by atoms with van der Waals surface area (Å²) in [5, 5.41) is 0. The SMILES string of the molecule is CC(CN)C(=O)N1CCN(CC(=O)N2CCCCC2C)CC1. The Bertz CT molecular complexity index is 394. The van der Waals surface area contributed by atoms with Crippen molar-refractivity contribution in [3.8, 4) is 0 Å². The predicted octanol–water partition coefficient (Wildman–Crippen LogP) is 0.126. The van der Waals surface area contributed by atoms with Crippen molar-refractivity contribution in [3.63, 3.8) is 0 Å². The second-order valence-electron chi connectivity index (χ2n) is 6.67. The maximum Gasteiger partial charge on any atom is 0.236 e. The minimum atomic E-state index is -0.109. The number of piperazine rings is 1. The quantitative estimate of drug-likeness (QED) is 0.801. The lowest BCUT2D eigenvalue weighted by molar-refractivity contribution is -0.138. The maximum atomic E-state index is 12.4. The number of hydrogen-bond donors (Lipinski definition) is 1. The molecular formula is C16H30N4O2. The second kappa shape index (κ2) is 7.92. The Kier molecular flexibility index (Phi) is 6.20. The van der Waals surface area contributed by atoms with Gasteiger partial charge in [0.2, 0.25) is 11.8 Å². The zero-order valence-electron chi connectivity index (χ0n) is 14.0. The van der Waals surface area contributed by atoms with Gasteiger partial charge in [-0.15, -0.1) is 0 Å². The molecule has 2 aliphatic rings. The first-order valence-corrected chi connectivity index (χ1v) is 8.53. The van der Waals surface area contributed by atoms with Crippen LogP contribution in [-0.4, -0.2) is 78.4 Å². The van der Waals surface area contributed by atoms with Gasteiger partial charge in [0.15, 0.2) is 0 Å². The molecule has 0 aromatic carbocycles. The van der Waals surface area contributed by atoms with Crippen LogP contribution < -0.4 is 5.73 Å². The van der Waals surface area contributed by atoms with Crippen LogP contribution in [-0.2, 0) is 9.59 Å². The van der Waals surface area contributed by atoms with Crippen LogP contribution in [0.1, 0.15) is 33.1 Å². The summed E-state index contributed by atoms with van der Waals surface area (Å²) in [5.74, 6) is 0.266. The first kappa shape index (κ1) is 17.2. The molecule has 0 bridgehead atoms. The molecule has 0 aromatic heterocycles. The molecule has 0 spiro atoms. The molecule has 2 atom stereocenters. The lowest BCUT2D eigenvalue weighted by Gasteiger charge is -2.38. The first-order chi connectivity index (χ1) is 10.5. The monoisotopic (exact) mass is 310 g/mol. The average Bonchev–Trinajstić information content (AvgIpc) is 2.54. The Morgan fingerprint density at radius 3 is 2.41 bits per heavy atom. The van der Waals surface area contributed by atoms with Crippen LogP contribution in [0.4, 0.5) is 0 Å². The number of nitrogens with zero attached hydrogens (tertiary/aromatic N) is 3. The summed E-state index contributed by atoms with van der Waals surface area (Å²) < 4.78 is 0. The minimum absolute atomic E-state index is 0.109. The van der Waals surface area contributed by atoms with Crippen molar-refractivity contribution in [1.29, 1.82) is 0 Å². The summed E-state index contributed by atoms with van der Waals surface area (Å²) in [5.41, 5.74) is 5.56. The van der Waals surface area contributed by atoms with Gasteiger partial charge < -0.3 is 15.5 Å². The number of amides is 2. The van der Waals surface area contributed by atoms with E-state index >= 15 is 0 Å². The molecule has 6 heteroatoms. The molecule has 0 radical (unpaired) electrons. The molecule has 2 N–H and O–H groups in total. The van der Waals surface area contributed by atoms with E-state index in [9.17, 15) is 9.59 Å². The summed E-state index contributed by atoms with van der Waals surface area (Å²) in [6, 6.07) is 0.370. The van der Waals surface area contributed by atoms with Gasteiger partial charge in [-0.1, -0.05) is 6.92 Å². The molecule has 2 fully saturated rings. The van der Waals surface area contributed by atoms with Crippen LogP contribution in [0.15, 0.2) is 0 Å². The fourth-order valence-corrected chi connectivity index (χ4v) is 3.29. The molecular weight excluding hydrogens is 280 g/mol. The van der Waals surface area contributed by atoms with Gasteiger partial charge in [-0.05, 0) is 26.2 Å². The Morgan fingerprint density at radius 2 is 1.82 bits per heavy atom. The smallest absolute Gasteiger partial charge is 0.236 e. The van der Waals surface area contributed by atoms with Gasteiger partial charge in [-0.25, -0.2) is 0 Å². The number of rotatable bonds is 4. The third-order valence-corrected chi connectivity index (χ3v) is 4.94. The topological polar surface area (TPSA) is 69.9 Å². The number of carbonyl (C=O) groups is 2. The number of nitrogens with two attached hydrogens (primary N) is 1. The van der Waals surface area contributed by atoms with Crippen molar-refractivity contribution in [1.82, 2.24) is 14.7 Å². The maximum absolute atomic E-state index is 12.4. The van der Waals surface area contributed by atoms with Gasteiger partial charge in [-0.3, -0.25) is 14.5 Å². The van der Waals surface area contributed by atoms with E-state index < -0.39 is 0 Å². The van der Waals surface area contributed by atoms with E-state index in [-0.39, 0.29) is 17.7 Å². The zero-order chi connectivity index (χ0) is 16.1. The van der Waals surface area contributed by atoms with Crippen LogP contribution in [0.2, 0.25) is 0 Å². The number of hydrogen-bond acceptors (Lipinski definition) is 4. The van der Waals surface area contributed by atoms with E-state index in [2.05, 4.69) is 11.8 Å². The number of piperidine rings is 1. The van der Waals surface area contributed by atoms with Crippen molar-refractivity contribution in [2.45, 2.75) is 39.2 Å². The molecule has 2 heterocycles. The van der Waals surface area contributed by atoms with Crippen molar-refractivity contribution in [2.24, 2.45) is 11.7 Å². The number of carbonyl (C=O) groups excluding carboxylic acids is 2. The summed E-state index contributed by atoms with van der Waals surface area (Å²) in [4.78, 5) is 30.6. The Labute approximate surface area is 133 Å². The molecule has 2 saturated heterocycles. The molecule has 126 valence electrons. The molecule has 22 heavy (non-hydrogen) atoms. The van der Waals surface area contributed by atoms with Crippen LogP contribution >= 0.6 is 0 Å². The third kappa shape index (κ3) is 4.20. The van der Waals surface area contributed by atoms with Crippen LogP contribution in [0.25, 0.3) is 0 Å². The molecule has 0 aromatic rings.